The van der Waals surface area contributed by atoms with Crippen molar-refractivity contribution in [3.8, 4) is 0 Å². The van der Waals surface area contributed by atoms with Crippen LogP contribution in [0.25, 0.3) is 0 Å². The van der Waals surface area contributed by atoms with Crippen molar-refractivity contribution in [3.05, 3.63) is 29.3 Å². The van der Waals surface area contributed by atoms with E-state index < -0.39 is 18.5 Å². The fourth-order valence-electron chi connectivity index (χ4n) is 1.15. The number of carbonyl (C=O) groups is 2. The number of aliphatic carboxylic acids is 1. The van der Waals surface area contributed by atoms with Gasteiger partial charge in [0.2, 0.25) is 0 Å². The fraction of sp³-hybridized carbons (Fsp3) is 0.273. The van der Waals surface area contributed by atoms with E-state index in [0.29, 0.717) is 5.69 Å². The summed E-state index contributed by atoms with van der Waals surface area (Å²) in [6.45, 7) is 3.52. The summed E-state index contributed by atoms with van der Waals surface area (Å²) in [6.07, 6.45) is 0. The van der Waals surface area contributed by atoms with E-state index in [2.05, 4.69) is 10.6 Å². The molecule has 0 aliphatic carbocycles. The summed E-state index contributed by atoms with van der Waals surface area (Å²) in [7, 11) is 0. The Kier molecular flexibility index (Phi) is 3.88. The third-order valence-corrected chi connectivity index (χ3v) is 2.16. The molecule has 0 spiro atoms. The smallest absolute Gasteiger partial charge is 0.323 e. The van der Waals surface area contributed by atoms with Crippen molar-refractivity contribution in [2.45, 2.75) is 13.8 Å². The number of rotatable bonds is 3. The molecule has 5 heteroatoms. The molecule has 3 N–H and O–H groups in total. The summed E-state index contributed by atoms with van der Waals surface area (Å²) in [5, 5.41) is 13.1. The Morgan fingerprint density at radius 2 is 1.94 bits per heavy atom. The first-order chi connectivity index (χ1) is 7.49. The van der Waals surface area contributed by atoms with Gasteiger partial charge in [-0.25, -0.2) is 4.79 Å². The molecule has 0 aliphatic heterocycles. The van der Waals surface area contributed by atoms with Crippen LogP contribution in [0.15, 0.2) is 18.2 Å². The summed E-state index contributed by atoms with van der Waals surface area (Å²) in [5.74, 6) is -1.07. The van der Waals surface area contributed by atoms with E-state index in [9.17, 15) is 9.59 Å². The highest BCUT2D eigenvalue weighted by Gasteiger charge is 2.04. The minimum atomic E-state index is -1.07. The molecule has 1 aromatic rings. The molecule has 0 saturated carbocycles. The van der Waals surface area contributed by atoms with Crippen LogP contribution in [0.1, 0.15) is 11.1 Å². The van der Waals surface area contributed by atoms with E-state index in [1.807, 2.05) is 26.0 Å². The minimum absolute atomic E-state index is 0.392. The van der Waals surface area contributed by atoms with Crippen molar-refractivity contribution in [3.63, 3.8) is 0 Å². The van der Waals surface area contributed by atoms with Crippen LogP contribution in [0.3, 0.4) is 0 Å². The summed E-state index contributed by atoms with van der Waals surface area (Å²) in [6, 6.07) is 4.96. The molecule has 0 unspecified atom stereocenters. The molecule has 86 valence electrons. The van der Waals surface area contributed by atoms with Crippen molar-refractivity contribution in [1.29, 1.82) is 0 Å². The Balaban J connectivity index is 2.56. The number of carboxylic acids is 1. The van der Waals surface area contributed by atoms with E-state index in [-0.39, 0.29) is 0 Å². The lowest BCUT2D eigenvalue weighted by atomic mass is 10.1. The van der Waals surface area contributed by atoms with Gasteiger partial charge in [0.05, 0.1) is 0 Å². The highest BCUT2D eigenvalue weighted by molar-refractivity contribution is 5.91. The molecule has 16 heavy (non-hydrogen) atoms. The van der Waals surface area contributed by atoms with Gasteiger partial charge in [0.1, 0.15) is 6.54 Å². The van der Waals surface area contributed by atoms with Crippen LogP contribution in [-0.2, 0) is 4.79 Å². The number of carbonyl (C=O) groups excluding carboxylic acids is 1. The maximum absolute atomic E-state index is 11.2. The fourth-order valence-corrected chi connectivity index (χ4v) is 1.15. The minimum Gasteiger partial charge on any atom is -0.480 e. The zero-order valence-corrected chi connectivity index (χ0v) is 9.20. The highest BCUT2D eigenvalue weighted by atomic mass is 16.4. The summed E-state index contributed by atoms with van der Waals surface area (Å²) in [5.41, 5.74) is 2.85. The highest BCUT2D eigenvalue weighted by Crippen LogP contribution is 2.13. The number of carboxylic acid groups (broad SMARTS) is 1. The van der Waals surface area contributed by atoms with Crippen LogP contribution in [0.5, 0.6) is 0 Å². The Morgan fingerprint density at radius 3 is 2.50 bits per heavy atom. The maximum atomic E-state index is 11.2. The number of nitrogens with one attached hydrogen (secondary N) is 2. The van der Waals surface area contributed by atoms with E-state index >= 15 is 0 Å². The van der Waals surface area contributed by atoms with Crippen molar-refractivity contribution in [1.82, 2.24) is 5.32 Å². The van der Waals surface area contributed by atoms with Crippen LogP contribution in [0, 0.1) is 13.8 Å². The largest absolute Gasteiger partial charge is 0.480 e. The zero-order chi connectivity index (χ0) is 12.1. The second-order valence-corrected chi connectivity index (χ2v) is 3.50. The van der Waals surface area contributed by atoms with Gasteiger partial charge < -0.3 is 15.7 Å². The molecule has 2 amide bonds. The molecule has 0 aromatic heterocycles. The van der Waals surface area contributed by atoms with Crippen LogP contribution in [0.4, 0.5) is 10.5 Å². The molecule has 0 radical (unpaired) electrons. The number of aryl methyl sites for hydroxylation is 2. The summed E-state index contributed by atoms with van der Waals surface area (Å²) < 4.78 is 0. The normalized spacial score (nSPS) is 9.62. The van der Waals surface area contributed by atoms with Crippen molar-refractivity contribution >= 4 is 17.7 Å². The summed E-state index contributed by atoms with van der Waals surface area (Å²) >= 11 is 0. The van der Waals surface area contributed by atoms with Crippen molar-refractivity contribution in [2.24, 2.45) is 0 Å². The molecule has 0 fully saturated rings. The predicted molar refractivity (Wildman–Crippen MR) is 60.6 cm³/mol. The van der Waals surface area contributed by atoms with E-state index in [4.69, 9.17) is 5.11 Å². The number of urea groups is 1. The predicted octanol–water partition coefficient (Wildman–Crippen LogP) is 1.51. The van der Waals surface area contributed by atoms with Gasteiger partial charge in [-0.05, 0) is 37.1 Å². The lowest BCUT2D eigenvalue weighted by Crippen LogP contribution is -2.33. The standard InChI is InChI=1S/C11H14N2O3/c1-7-3-4-9(5-8(7)2)13-11(16)12-6-10(14)15/h3-5H,6H2,1-2H3,(H,14,15)(H2,12,13,16). The van der Waals surface area contributed by atoms with Gasteiger partial charge in [0.25, 0.3) is 0 Å². The van der Waals surface area contributed by atoms with Crippen molar-refractivity contribution in [2.75, 3.05) is 11.9 Å². The molecule has 0 heterocycles. The first-order valence-electron chi connectivity index (χ1n) is 4.83. The summed E-state index contributed by atoms with van der Waals surface area (Å²) in [4.78, 5) is 21.4. The molecule has 0 atom stereocenters. The second kappa shape index (κ2) is 5.16. The van der Waals surface area contributed by atoms with Crippen LogP contribution < -0.4 is 10.6 Å². The Morgan fingerprint density at radius 1 is 1.25 bits per heavy atom. The lowest BCUT2D eigenvalue weighted by Gasteiger charge is -2.07. The SMILES string of the molecule is Cc1ccc(NC(=O)NCC(=O)O)cc1C. The molecule has 1 rings (SSSR count). The van der Waals surface area contributed by atoms with Gasteiger partial charge in [0, 0.05) is 5.69 Å². The molecule has 0 aliphatic rings. The lowest BCUT2D eigenvalue weighted by molar-refractivity contribution is -0.135. The first kappa shape index (κ1) is 12.0. The Bertz CT molecular complexity index is 416. The molecule has 5 nitrogen and oxygen atoms in total. The van der Waals surface area contributed by atoms with Crippen LogP contribution in [0.2, 0.25) is 0 Å². The molecular formula is C11H14N2O3. The number of hydrogen-bond acceptors (Lipinski definition) is 2. The van der Waals surface area contributed by atoms with E-state index in [1.54, 1.807) is 6.07 Å². The van der Waals surface area contributed by atoms with Crippen molar-refractivity contribution < 1.29 is 14.7 Å². The third kappa shape index (κ3) is 3.61. The Hall–Kier alpha value is -2.04. The number of anilines is 1. The molecule has 0 bridgehead atoms. The van der Waals surface area contributed by atoms with Gasteiger partial charge in [0.15, 0.2) is 0 Å². The quantitative estimate of drug-likeness (QED) is 0.725. The second-order valence-electron chi connectivity index (χ2n) is 3.50. The van der Waals surface area contributed by atoms with Gasteiger partial charge >= 0.3 is 12.0 Å². The van der Waals surface area contributed by atoms with Crippen LogP contribution in [-0.4, -0.2) is 23.7 Å². The number of hydrogen-bond donors (Lipinski definition) is 3. The first-order valence-corrected chi connectivity index (χ1v) is 4.83. The monoisotopic (exact) mass is 222 g/mol. The van der Waals surface area contributed by atoms with Gasteiger partial charge in [-0.2, -0.15) is 0 Å². The Labute approximate surface area is 93.5 Å². The topological polar surface area (TPSA) is 78.4 Å². The van der Waals surface area contributed by atoms with Gasteiger partial charge in [-0.15, -0.1) is 0 Å². The average molecular weight is 222 g/mol. The van der Waals surface area contributed by atoms with Gasteiger partial charge in [-0.3, -0.25) is 4.79 Å². The third-order valence-electron chi connectivity index (χ3n) is 2.16. The molecule has 1 aromatic carbocycles. The number of amides is 2. The maximum Gasteiger partial charge on any atom is 0.323 e. The number of benzene rings is 1. The zero-order valence-electron chi connectivity index (χ0n) is 9.20. The van der Waals surface area contributed by atoms with E-state index in [1.165, 1.54) is 0 Å². The van der Waals surface area contributed by atoms with Crippen LogP contribution >= 0.6 is 0 Å². The molecule has 0 saturated heterocycles. The van der Waals surface area contributed by atoms with E-state index in [0.717, 1.165) is 11.1 Å². The average Bonchev–Trinajstić information content (AvgIpc) is 2.21. The molecular weight excluding hydrogens is 208 g/mol. The van der Waals surface area contributed by atoms with Gasteiger partial charge in [-0.1, -0.05) is 6.07 Å².